The molecular formula is C19H26N4O2. The average molecular weight is 342 g/mol. The van der Waals surface area contributed by atoms with E-state index in [1.165, 1.54) is 5.56 Å². The van der Waals surface area contributed by atoms with Crippen LogP contribution in [0.3, 0.4) is 0 Å². The monoisotopic (exact) mass is 342 g/mol. The molecular weight excluding hydrogens is 316 g/mol. The Morgan fingerprint density at radius 2 is 2.12 bits per heavy atom. The van der Waals surface area contributed by atoms with Crippen LogP contribution in [-0.4, -0.2) is 45.0 Å². The number of hydrazine groups is 1. The van der Waals surface area contributed by atoms with Crippen LogP contribution in [0.2, 0.25) is 0 Å². The summed E-state index contributed by atoms with van der Waals surface area (Å²) < 4.78 is 5.52. The maximum atomic E-state index is 12.4. The molecule has 1 aliphatic heterocycles. The van der Waals surface area contributed by atoms with Crippen molar-refractivity contribution in [3.8, 4) is 11.3 Å². The van der Waals surface area contributed by atoms with E-state index in [0.29, 0.717) is 13.1 Å². The Kier molecular flexibility index (Phi) is 4.81. The third-order valence-electron chi connectivity index (χ3n) is 4.11. The number of aromatic amines is 1. The summed E-state index contributed by atoms with van der Waals surface area (Å²) >= 11 is 0. The molecule has 1 aliphatic rings. The maximum absolute atomic E-state index is 12.4. The molecule has 2 aromatic rings. The molecule has 1 aromatic heterocycles. The van der Waals surface area contributed by atoms with E-state index in [2.05, 4.69) is 35.3 Å². The molecule has 0 spiro atoms. The van der Waals surface area contributed by atoms with Gasteiger partial charge in [-0.3, -0.25) is 5.10 Å². The number of H-pyrrole nitrogens is 1. The van der Waals surface area contributed by atoms with Gasteiger partial charge in [-0.25, -0.2) is 14.8 Å². The first kappa shape index (κ1) is 17.5. The lowest BCUT2D eigenvalue weighted by atomic mass is 10.1. The van der Waals surface area contributed by atoms with Crippen LogP contribution in [0.4, 0.5) is 4.79 Å². The molecule has 25 heavy (non-hydrogen) atoms. The summed E-state index contributed by atoms with van der Waals surface area (Å²) in [6.45, 7) is 9.87. The van der Waals surface area contributed by atoms with E-state index in [0.717, 1.165) is 29.8 Å². The number of benzene rings is 1. The zero-order valence-electron chi connectivity index (χ0n) is 15.4. The van der Waals surface area contributed by atoms with Crippen LogP contribution in [0.1, 0.15) is 38.3 Å². The predicted octanol–water partition coefficient (Wildman–Crippen LogP) is 3.74. The van der Waals surface area contributed by atoms with E-state index in [-0.39, 0.29) is 6.09 Å². The lowest BCUT2D eigenvalue weighted by Crippen LogP contribution is -2.43. The van der Waals surface area contributed by atoms with Gasteiger partial charge in [-0.1, -0.05) is 23.8 Å². The van der Waals surface area contributed by atoms with Gasteiger partial charge in [0, 0.05) is 30.8 Å². The minimum atomic E-state index is -0.492. The molecule has 0 unspecified atom stereocenters. The Labute approximate surface area is 148 Å². The highest BCUT2D eigenvalue weighted by atomic mass is 16.6. The summed E-state index contributed by atoms with van der Waals surface area (Å²) in [6.07, 6.45) is 2.49. The van der Waals surface area contributed by atoms with Crippen LogP contribution in [0.25, 0.3) is 11.3 Å². The van der Waals surface area contributed by atoms with E-state index in [4.69, 9.17) is 4.74 Å². The second kappa shape index (κ2) is 6.88. The average Bonchev–Trinajstić information content (AvgIpc) is 3.15. The van der Waals surface area contributed by atoms with Gasteiger partial charge >= 0.3 is 6.09 Å². The second-order valence-electron chi connectivity index (χ2n) is 7.48. The van der Waals surface area contributed by atoms with Gasteiger partial charge in [0.25, 0.3) is 0 Å². The highest BCUT2D eigenvalue weighted by Crippen LogP contribution is 2.25. The Morgan fingerprint density at radius 1 is 1.32 bits per heavy atom. The van der Waals surface area contributed by atoms with Crippen LogP contribution < -0.4 is 0 Å². The van der Waals surface area contributed by atoms with Crippen LogP contribution in [-0.2, 0) is 11.3 Å². The van der Waals surface area contributed by atoms with Gasteiger partial charge in [0.15, 0.2) is 0 Å². The number of rotatable bonds is 3. The van der Waals surface area contributed by atoms with Crippen molar-refractivity contribution < 1.29 is 9.53 Å². The zero-order valence-corrected chi connectivity index (χ0v) is 15.4. The van der Waals surface area contributed by atoms with Gasteiger partial charge in [-0.05, 0) is 40.2 Å². The van der Waals surface area contributed by atoms with Crippen molar-refractivity contribution in [1.82, 2.24) is 20.2 Å². The van der Waals surface area contributed by atoms with Crippen LogP contribution >= 0.6 is 0 Å². The highest BCUT2D eigenvalue weighted by molar-refractivity contribution is 5.68. The SMILES string of the molecule is Cc1cccc(-c2[nH]ncc2CN2CCCN2C(=O)OC(C)(C)C)c1. The van der Waals surface area contributed by atoms with Crippen molar-refractivity contribution in [1.29, 1.82) is 0 Å². The molecule has 0 bridgehead atoms. The molecule has 134 valence electrons. The summed E-state index contributed by atoms with van der Waals surface area (Å²) in [7, 11) is 0. The number of aromatic nitrogens is 2. The topological polar surface area (TPSA) is 61.5 Å². The molecule has 0 aliphatic carbocycles. The first-order valence-corrected chi connectivity index (χ1v) is 8.68. The molecule has 1 saturated heterocycles. The Balaban J connectivity index is 1.76. The third-order valence-corrected chi connectivity index (χ3v) is 4.11. The van der Waals surface area contributed by atoms with Crippen molar-refractivity contribution in [2.45, 2.75) is 46.3 Å². The van der Waals surface area contributed by atoms with Crippen LogP contribution in [0.5, 0.6) is 0 Å². The maximum Gasteiger partial charge on any atom is 0.424 e. The number of nitrogens with one attached hydrogen (secondary N) is 1. The number of nitrogens with zero attached hydrogens (tertiary/aromatic N) is 3. The largest absolute Gasteiger partial charge is 0.443 e. The lowest BCUT2D eigenvalue weighted by molar-refractivity contribution is -0.0293. The molecule has 1 fully saturated rings. The summed E-state index contributed by atoms with van der Waals surface area (Å²) in [6, 6.07) is 8.31. The summed E-state index contributed by atoms with van der Waals surface area (Å²) in [4.78, 5) is 12.4. The lowest BCUT2D eigenvalue weighted by Gasteiger charge is -2.30. The first-order chi connectivity index (χ1) is 11.8. The fourth-order valence-electron chi connectivity index (χ4n) is 3.03. The predicted molar refractivity (Wildman–Crippen MR) is 96.7 cm³/mol. The van der Waals surface area contributed by atoms with Crippen molar-refractivity contribution in [2.75, 3.05) is 13.1 Å². The van der Waals surface area contributed by atoms with Gasteiger partial charge < -0.3 is 4.74 Å². The molecule has 0 saturated carbocycles. The van der Waals surface area contributed by atoms with Crippen molar-refractivity contribution in [3.05, 3.63) is 41.6 Å². The highest BCUT2D eigenvalue weighted by Gasteiger charge is 2.31. The Morgan fingerprint density at radius 3 is 2.84 bits per heavy atom. The van der Waals surface area contributed by atoms with Crippen LogP contribution in [0.15, 0.2) is 30.5 Å². The normalized spacial score (nSPS) is 15.6. The van der Waals surface area contributed by atoms with E-state index in [9.17, 15) is 4.79 Å². The Hall–Kier alpha value is -2.34. The molecule has 2 heterocycles. The minimum absolute atomic E-state index is 0.286. The van der Waals surface area contributed by atoms with Gasteiger partial charge in [0.2, 0.25) is 0 Å². The van der Waals surface area contributed by atoms with Gasteiger partial charge in [-0.15, -0.1) is 0 Å². The number of hydrogen-bond donors (Lipinski definition) is 1. The summed E-state index contributed by atoms with van der Waals surface area (Å²) in [5.41, 5.74) is 3.89. The molecule has 1 amide bonds. The molecule has 6 nitrogen and oxygen atoms in total. The molecule has 6 heteroatoms. The number of aryl methyl sites for hydroxylation is 1. The molecule has 0 atom stereocenters. The van der Waals surface area contributed by atoms with Crippen molar-refractivity contribution >= 4 is 6.09 Å². The fourth-order valence-corrected chi connectivity index (χ4v) is 3.03. The van der Waals surface area contributed by atoms with Crippen molar-refractivity contribution in [2.24, 2.45) is 0 Å². The van der Waals surface area contributed by atoms with E-state index in [1.807, 2.05) is 38.0 Å². The van der Waals surface area contributed by atoms with E-state index < -0.39 is 5.60 Å². The minimum Gasteiger partial charge on any atom is -0.443 e. The first-order valence-electron chi connectivity index (χ1n) is 8.68. The number of amides is 1. The van der Waals surface area contributed by atoms with E-state index in [1.54, 1.807) is 5.01 Å². The van der Waals surface area contributed by atoms with Gasteiger partial charge in [-0.2, -0.15) is 5.10 Å². The standard InChI is InChI=1S/C19H26N4O2/c1-14-7-5-8-15(11-14)17-16(12-20-21-17)13-22-9-6-10-23(22)18(24)25-19(2,3)4/h5,7-8,11-12H,6,9-10,13H2,1-4H3,(H,20,21). The Bertz CT molecular complexity index is 748. The molecule has 3 rings (SSSR count). The van der Waals surface area contributed by atoms with E-state index >= 15 is 0 Å². The van der Waals surface area contributed by atoms with Crippen LogP contribution in [0, 0.1) is 6.92 Å². The smallest absolute Gasteiger partial charge is 0.424 e. The van der Waals surface area contributed by atoms with Gasteiger partial charge in [0.05, 0.1) is 11.9 Å². The quantitative estimate of drug-likeness (QED) is 0.923. The summed E-state index contributed by atoms with van der Waals surface area (Å²) in [5, 5.41) is 11.1. The fraction of sp³-hybridized carbons (Fsp3) is 0.474. The number of hydrogen-bond acceptors (Lipinski definition) is 4. The van der Waals surface area contributed by atoms with Crippen molar-refractivity contribution in [3.63, 3.8) is 0 Å². The third kappa shape index (κ3) is 4.20. The van der Waals surface area contributed by atoms with Gasteiger partial charge in [0.1, 0.15) is 5.60 Å². The number of carbonyl (C=O) groups is 1. The second-order valence-corrected chi connectivity index (χ2v) is 7.48. The molecule has 0 radical (unpaired) electrons. The molecule has 1 N–H and O–H groups in total. The zero-order chi connectivity index (χ0) is 18.0. The number of ether oxygens (including phenoxy) is 1. The number of carbonyl (C=O) groups excluding carboxylic acids is 1. The molecule has 1 aromatic carbocycles. The summed E-state index contributed by atoms with van der Waals surface area (Å²) in [5.74, 6) is 0.